The largest absolute Gasteiger partial charge is 0.481 e. The second-order valence-electron chi connectivity index (χ2n) is 6.51. The van der Waals surface area contributed by atoms with Crippen LogP contribution in [0.15, 0.2) is 28.9 Å². The van der Waals surface area contributed by atoms with E-state index in [0.717, 1.165) is 31.3 Å². The molecule has 2 heterocycles. The molecule has 1 amide bonds. The molecule has 5 N–H and O–H groups in total. The molecule has 1 saturated heterocycles. The fourth-order valence-corrected chi connectivity index (χ4v) is 3.20. The van der Waals surface area contributed by atoms with Crippen molar-refractivity contribution in [3.05, 3.63) is 35.8 Å². The third-order valence-corrected chi connectivity index (χ3v) is 4.68. The van der Waals surface area contributed by atoms with Gasteiger partial charge in [-0.15, -0.1) is 0 Å². The topological polar surface area (TPSA) is 133 Å². The number of fused-ring (bicyclic) bond motifs is 1. The normalized spacial score (nSPS) is 15.8. The van der Waals surface area contributed by atoms with E-state index >= 15 is 0 Å². The number of nitrogens with zero attached hydrogens (tertiary/aromatic N) is 1. The summed E-state index contributed by atoms with van der Waals surface area (Å²) in [7, 11) is 0. The van der Waals surface area contributed by atoms with Gasteiger partial charge in [0.1, 0.15) is 5.84 Å². The van der Waals surface area contributed by atoms with Crippen LogP contribution in [0.25, 0.3) is 10.8 Å². The Balaban J connectivity index is 1.60. The second kappa shape index (κ2) is 7.57. The number of likely N-dealkylation sites (tertiary alicyclic amines) is 1. The Morgan fingerprint density at radius 3 is 2.73 bits per heavy atom. The van der Waals surface area contributed by atoms with Gasteiger partial charge in [0, 0.05) is 42.0 Å². The van der Waals surface area contributed by atoms with Crippen LogP contribution < -0.4 is 11.1 Å². The summed E-state index contributed by atoms with van der Waals surface area (Å²) >= 11 is 0. The Kier molecular flexibility index (Phi) is 5.22. The summed E-state index contributed by atoms with van der Waals surface area (Å²) in [5.41, 5.74) is 6.06. The lowest BCUT2D eigenvalue weighted by Gasteiger charge is -2.31. The molecule has 26 heavy (non-hydrogen) atoms. The number of carboxylic acids is 1. The molecule has 0 bridgehead atoms. The van der Waals surface area contributed by atoms with E-state index in [1.54, 1.807) is 18.2 Å². The van der Waals surface area contributed by atoms with Crippen molar-refractivity contribution in [3.8, 4) is 0 Å². The number of nitrogens with two attached hydrogens (primary N) is 1. The Labute approximate surface area is 150 Å². The maximum absolute atomic E-state index is 12.5. The van der Waals surface area contributed by atoms with Crippen LogP contribution in [0.4, 0.5) is 0 Å². The van der Waals surface area contributed by atoms with E-state index in [0.29, 0.717) is 17.5 Å². The van der Waals surface area contributed by atoms with Crippen molar-refractivity contribution in [2.24, 2.45) is 5.73 Å². The summed E-state index contributed by atoms with van der Waals surface area (Å²) in [6.07, 6.45) is 3.18. The van der Waals surface area contributed by atoms with Gasteiger partial charge in [0.05, 0.1) is 12.7 Å². The molecule has 0 saturated carbocycles. The number of furan rings is 1. The summed E-state index contributed by atoms with van der Waals surface area (Å²) in [4.78, 5) is 25.3. The quantitative estimate of drug-likeness (QED) is 0.455. The number of carboxylic acid groups (broad SMARTS) is 1. The first-order valence-corrected chi connectivity index (χ1v) is 8.54. The van der Waals surface area contributed by atoms with Gasteiger partial charge in [-0.2, -0.15) is 0 Å². The number of hydrogen-bond acceptors (Lipinski definition) is 5. The van der Waals surface area contributed by atoms with Gasteiger partial charge < -0.3 is 25.5 Å². The molecule has 1 aliphatic rings. The zero-order valence-corrected chi connectivity index (χ0v) is 14.3. The van der Waals surface area contributed by atoms with Crippen LogP contribution in [0, 0.1) is 5.41 Å². The molecule has 0 spiro atoms. The zero-order valence-electron chi connectivity index (χ0n) is 14.3. The molecule has 1 aliphatic heterocycles. The molecular formula is C18H22N4O4. The van der Waals surface area contributed by atoms with Crippen molar-refractivity contribution in [2.45, 2.75) is 25.3 Å². The highest BCUT2D eigenvalue weighted by Crippen LogP contribution is 2.23. The van der Waals surface area contributed by atoms with Crippen molar-refractivity contribution in [2.75, 3.05) is 19.6 Å². The third kappa shape index (κ3) is 4.02. The first kappa shape index (κ1) is 17.9. The van der Waals surface area contributed by atoms with Crippen molar-refractivity contribution >= 4 is 28.5 Å². The number of nitrogens with one attached hydrogen (secondary N) is 2. The molecule has 1 fully saturated rings. The Hall–Kier alpha value is -2.87. The van der Waals surface area contributed by atoms with E-state index in [1.165, 1.54) is 6.26 Å². The molecule has 0 aliphatic carbocycles. The van der Waals surface area contributed by atoms with Gasteiger partial charge in [-0.1, -0.05) is 6.07 Å². The average Bonchev–Trinajstić information content (AvgIpc) is 3.04. The van der Waals surface area contributed by atoms with Gasteiger partial charge >= 0.3 is 5.97 Å². The van der Waals surface area contributed by atoms with Gasteiger partial charge in [0.25, 0.3) is 5.91 Å². The number of benzene rings is 1. The molecular weight excluding hydrogens is 336 g/mol. The fourth-order valence-electron chi connectivity index (χ4n) is 3.20. The van der Waals surface area contributed by atoms with Gasteiger partial charge in [-0.05, 0) is 25.0 Å². The number of aliphatic carboxylic acids is 1. The van der Waals surface area contributed by atoms with Gasteiger partial charge in [-0.3, -0.25) is 15.0 Å². The average molecular weight is 358 g/mol. The van der Waals surface area contributed by atoms with E-state index in [1.807, 2.05) is 0 Å². The van der Waals surface area contributed by atoms with Gasteiger partial charge in [0.15, 0.2) is 5.76 Å². The lowest BCUT2D eigenvalue weighted by atomic mass is 10.0. The summed E-state index contributed by atoms with van der Waals surface area (Å²) < 4.78 is 5.44. The first-order chi connectivity index (χ1) is 12.4. The number of hydrogen-bond donors (Lipinski definition) is 4. The first-order valence-electron chi connectivity index (χ1n) is 8.54. The summed E-state index contributed by atoms with van der Waals surface area (Å²) in [6.45, 7) is 2.06. The van der Waals surface area contributed by atoms with E-state index in [4.69, 9.17) is 20.7 Å². The molecule has 0 unspecified atom stereocenters. The Morgan fingerprint density at radius 1 is 1.35 bits per heavy atom. The number of piperidine rings is 1. The van der Waals surface area contributed by atoms with E-state index in [2.05, 4.69) is 10.2 Å². The minimum absolute atomic E-state index is 0.0336. The van der Waals surface area contributed by atoms with Crippen LogP contribution in [0.5, 0.6) is 0 Å². The van der Waals surface area contributed by atoms with Crippen molar-refractivity contribution < 1.29 is 19.1 Å². The maximum Gasteiger partial charge on any atom is 0.304 e. The standard InChI is InChI=1S/C18H22N4O4/c19-17(20)11-1-2-14-12(9-11)10-26-16(14)18(25)21-13-3-6-22(7-4-13)8-5-15(23)24/h1-2,9-10,13H,3-8H2,(H3,19,20)(H,21,25)(H,23,24). The summed E-state index contributed by atoms with van der Waals surface area (Å²) in [5, 5.41) is 20.6. The van der Waals surface area contributed by atoms with Crippen LogP contribution in [-0.4, -0.2) is 53.4 Å². The van der Waals surface area contributed by atoms with E-state index in [-0.39, 0.29) is 30.0 Å². The van der Waals surface area contributed by atoms with Crippen LogP contribution >= 0.6 is 0 Å². The van der Waals surface area contributed by atoms with Crippen molar-refractivity contribution in [3.63, 3.8) is 0 Å². The highest BCUT2D eigenvalue weighted by Gasteiger charge is 2.23. The van der Waals surface area contributed by atoms with Crippen LogP contribution in [0.3, 0.4) is 0 Å². The molecule has 8 heteroatoms. The highest BCUT2D eigenvalue weighted by atomic mass is 16.4. The molecule has 1 aromatic carbocycles. The smallest absolute Gasteiger partial charge is 0.304 e. The SMILES string of the molecule is N=C(N)c1ccc2c(C(=O)NC3CCN(CCC(=O)O)CC3)occ2c1. The number of amidine groups is 1. The predicted octanol–water partition coefficient (Wildman–Crippen LogP) is 1.39. The minimum atomic E-state index is -0.793. The minimum Gasteiger partial charge on any atom is -0.481 e. The monoisotopic (exact) mass is 358 g/mol. The zero-order chi connectivity index (χ0) is 18.7. The Morgan fingerprint density at radius 2 is 2.08 bits per heavy atom. The highest BCUT2D eigenvalue weighted by molar-refractivity contribution is 6.07. The van der Waals surface area contributed by atoms with E-state index < -0.39 is 5.97 Å². The lowest BCUT2D eigenvalue weighted by Crippen LogP contribution is -2.45. The molecule has 0 radical (unpaired) electrons. The number of rotatable bonds is 6. The molecule has 2 aromatic rings. The predicted molar refractivity (Wildman–Crippen MR) is 96.4 cm³/mol. The lowest BCUT2D eigenvalue weighted by molar-refractivity contribution is -0.137. The fraction of sp³-hybridized carbons (Fsp3) is 0.389. The van der Waals surface area contributed by atoms with Gasteiger partial charge in [0.2, 0.25) is 0 Å². The summed E-state index contributed by atoms with van der Waals surface area (Å²) in [6, 6.07) is 5.19. The Bertz CT molecular complexity index is 837. The number of carbonyl (C=O) groups is 2. The van der Waals surface area contributed by atoms with Gasteiger partial charge in [-0.25, -0.2) is 0 Å². The molecule has 3 rings (SSSR count). The molecule has 8 nitrogen and oxygen atoms in total. The van der Waals surface area contributed by atoms with Crippen molar-refractivity contribution in [1.29, 1.82) is 5.41 Å². The van der Waals surface area contributed by atoms with Crippen LogP contribution in [-0.2, 0) is 4.79 Å². The van der Waals surface area contributed by atoms with Crippen LogP contribution in [0.2, 0.25) is 0 Å². The number of amides is 1. The third-order valence-electron chi connectivity index (χ3n) is 4.68. The number of carbonyl (C=O) groups excluding carboxylic acids is 1. The molecule has 0 atom stereocenters. The summed E-state index contributed by atoms with van der Waals surface area (Å²) in [5.74, 6) is -0.838. The molecule has 138 valence electrons. The number of nitrogen functional groups attached to an aromatic ring is 1. The maximum atomic E-state index is 12.5. The molecule has 1 aromatic heterocycles. The second-order valence-corrected chi connectivity index (χ2v) is 6.51. The van der Waals surface area contributed by atoms with Crippen molar-refractivity contribution in [1.82, 2.24) is 10.2 Å². The van der Waals surface area contributed by atoms with Crippen LogP contribution in [0.1, 0.15) is 35.4 Å². The van der Waals surface area contributed by atoms with E-state index in [9.17, 15) is 9.59 Å².